The Hall–Kier alpha value is -1.89. The molecule has 1 aliphatic carbocycles. The minimum atomic E-state index is -4.39. The molecule has 2 aromatic rings. The van der Waals surface area contributed by atoms with E-state index < -0.39 is 11.7 Å². The Labute approximate surface area is 119 Å². The topological polar surface area (TPSA) is 64.9 Å². The molecule has 1 aromatic carbocycles. The van der Waals surface area contributed by atoms with Crippen molar-refractivity contribution in [2.45, 2.75) is 30.9 Å². The number of aromatic nitrogens is 2. The van der Waals surface area contributed by atoms with Crippen LogP contribution in [0.25, 0.3) is 11.4 Å². The zero-order valence-corrected chi connectivity index (χ0v) is 11.2. The minimum Gasteiger partial charge on any atom is -0.338 e. The molecule has 112 valence electrons. The van der Waals surface area contributed by atoms with Crippen molar-refractivity contribution in [2.24, 2.45) is 5.73 Å². The Morgan fingerprint density at radius 1 is 1.29 bits per heavy atom. The van der Waals surface area contributed by atoms with E-state index in [1.54, 1.807) is 0 Å². The molecule has 4 nitrogen and oxygen atoms in total. The molecule has 0 amide bonds. The van der Waals surface area contributed by atoms with Crippen LogP contribution in [0.15, 0.2) is 28.8 Å². The van der Waals surface area contributed by atoms with Gasteiger partial charge in [-0.05, 0) is 25.0 Å². The maximum absolute atomic E-state index is 12.7. The van der Waals surface area contributed by atoms with Crippen LogP contribution in [0.4, 0.5) is 13.2 Å². The number of alkyl halides is 3. The van der Waals surface area contributed by atoms with Crippen LogP contribution in [0.2, 0.25) is 0 Å². The van der Waals surface area contributed by atoms with E-state index in [1.165, 1.54) is 12.1 Å². The van der Waals surface area contributed by atoms with Gasteiger partial charge < -0.3 is 10.3 Å². The highest BCUT2D eigenvalue weighted by molar-refractivity contribution is 5.56. The number of rotatable bonds is 3. The van der Waals surface area contributed by atoms with Crippen molar-refractivity contribution in [3.63, 3.8) is 0 Å². The van der Waals surface area contributed by atoms with Crippen molar-refractivity contribution in [2.75, 3.05) is 6.54 Å². The van der Waals surface area contributed by atoms with Gasteiger partial charge in [-0.25, -0.2) is 0 Å². The van der Waals surface area contributed by atoms with Gasteiger partial charge >= 0.3 is 6.18 Å². The summed E-state index contributed by atoms with van der Waals surface area (Å²) in [6, 6.07) is 4.89. The van der Waals surface area contributed by atoms with E-state index in [4.69, 9.17) is 10.3 Å². The highest BCUT2D eigenvalue weighted by atomic mass is 19.4. The van der Waals surface area contributed by atoms with Crippen LogP contribution in [0.1, 0.15) is 30.7 Å². The van der Waals surface area contributed by atoms with Gasteiger partial charge in [-0.2, -0.15) is 18.2 Å². The summed E-state index contributed by atoms with van der Waals surface area (Å²) in [5.41, 5.74) is 5.01. The number of benzene rings is 1. The van der Waals surface area contributed by atoms with Crippen LogP contribution in [0.3, 0.4) is 0 Å². The summed E-state index contributed by atoms with van der Waals surface area (Å²) in [5, 5.41) is 3.80. The van der Waals surface area contributed by atoms with Gasteiger partial charge in [-0.3, -0.25) is 0 Å². The molecule has 0 spiro atoms. The Kier molecular flexibility index (Phi) is 3.24. The number of nitrogens with two attached hydrogens (primary N) is 1. The third-order valence-corrected chi connectivity index (χ3v) is 4.03. The van der Waals surface area contributed by atoms with E-state index in [9.17, 15) is 13.2 Å². The predicted molar refractivity (Wildman–Crippen MR) is 69.3 cm³/mol. The van der Waals surface area contributed by atoms with Gasteiger partial charge in [-0.15, -0.1) is 0 Å². The number of hydrogen-bond acceptors (Lipinski definition) is 4. The van der Waals surface area contributed by atoms with Crippen LogP contribution in [-0.4, -0.2) is 16.7 Å². The van der Waals surface area contributed by atoms with Crippen molar-refractivity contribution in [3.8, 4) is 11.4 Å². The first kappa shape index (κ1) is 14.1. The molecule has 1 aliphatic rings. The average Bonchev–Trinajstić information content (AvgIpc) is 2.87. The molecular formula is C14H14F3N3O. The molecule has 3 rings (SSSR count). The maximum Gasteiger partial charge on any atom is 0.416 e. The first-order valence-corrected chi connectivity index (χ1v) is 6.66. The summed E-state index contributed by atoms with van der Waals surface area (Å²) in [6.07, 6.45) is -1.62. The van der Waals surface area contributed by atoms with Crippen LogP contribution < -0.4 is 5.73 Å². The quantitative estimate of drug-likeness (QED) is 0.945. The Balaban J connectivity index is 1.93. The second-order valence-corrected chi connectivity index (χ2v) is 5.34. The molecule has 1 fully saturated rings. The highest BCUT2D eigenvalue weighted by Gasteiger charge is 2.42. The summed E-state index contributed by atoms with van der Waals surface area (Å²) in [7, 11) is 0. The van der Waals surface area contributed by atoms with Gasteiger partial charge in [0.25, 0.3) is 0 Å². The second kappa shape index (κ2) is 4.84. The normalized spacial score (nSPS) is 17.5. The predicted octanol–water partition coefficient (Wildman–Crippen LogP) is 3.14. The highest BCUT2D eigenvalue weighted by Crippen LogP contribution is 2.42. The summed E-state index contributed by atoms with van der Waals surface area (Å²) >= 11 is 0. The lowest BCUT2D eigenvalue weighted by atomic mass is 9.69. The van der Waals surface area contributed by atoms with Gasteiger partial charge in [0, 0.05) is 12.1 Å². The molecule has 0 unspecified atom stereocenters. The van der Waals surface area contributed by atoms with E-state index >= 15 is 0 Å². The zero-order chi connectivity index (χ0) is 15.1. The van der Waals surface area contributed by atoms with Crippen LogP contribution in [-0.2, 0) is 11.6 Å². The van der Waals surface area contributed by atoms with Gasteiger partial charge in [0.2, 0.25) is 11.7 Å². The van der Waals surface area contributed by atoms with Gasteiger partial charge in [0.15, 0.2) is 0 Å². The zero-order valence-electron chi connectivity index (χ0n) is 11.2. The Morgan fingerprint density at radius 2 is 2.05 bits per heavy atom. The van der Waals surface area contributed by atoms with E-state index in [2.05, 4.69) is 10.1 Å². The molecule has 0 atom stereocenters. The van der Waals surface area contributed by atoms with Crippen molar-refractivity contribution >= 4 is 0 Å². The van der Waals surface area contributed by atoms with Crippen LogP contribution in [0, 0.1) is 0 Å². The summed E-state index contributed by atoms with van der Waals surface area (Å²) in [4.78, 5) is 4.24. The van der Waals surface area contributed by atoms with E-state index in [1.807, 2.05) is 0 Å². The Morgan fingerprint density at radius 3 is 2.62 bits per heavy atom. The van der Waals surface area contributed by atoms with Crippen LogP contribution in [0.5, 0.6) is 0 Å². The molecule has 2 N–H and O–H groups in total. The molecule has 0 aliphatic heterocycles. The fourth-order valence-electron chi connectivity index (χ4n) is 2.50. The molecule has 0 bridgehead atoms. The first-order chi connectivity index (χ1) is 9.94. The number of nitrogens with zero attached hydrogens (tertiary/aromatic N) is 2. The summed E-state index contributed by atoms with van der Waals surface area (Å²) < 4.78 is 43.4. The van der Waals surface area contributed by atoms with Gasteiger partial charge in [0.05, 0.1) is 11.0 Å². The third-order valence-electron chi connectivity index (χ3n) is 4.03. The van der Waals surface area contributed by atoms with Gasteiger partial charge in [-0.1, -0.05) is 23.7 Å². The molecular weight excluding hydrogens is 283 g/mol. The summed E-state index contributed by atoms with van der Waals surface area (Å²) in [5.74, 6) is 0.583. The maximum atomic E-state index is 12.7. The van der Waals surface area contributed by atoms with E-state index in [-0.39, 0.29) is 16.8 Å². The summed E-state index contributed by atoms with van der Waals surface area (Å²) in [6.45, 7) is 0.400. The van der Waals surface area contributed by atoms with E-state index in [0.29, 0.717) is 12.4 Å². The fourth-order valence-corrected chi connectivity index (χ4v) is 2.50. The molecule has 1 saturated carbocycles. The molecule has 21 heavy (non-hydrogen) atoms. The van der Waals surface area contributed by atoms with Crippen molar-refractivity contribution in [1.29, 1.82) is 0 Å². The lowest BCUT2D eigenvalue weighted by Gasteiger charge is -2.36. The third kappa shape index (κ3) is 2.42. The van der Waals surface area contributed by atoms with E-state index in [0.717, 1.165) is 31.4 Å². The average molecular weight is 297 g/mol. The van der Waals surface area contributed by atoms with Crippen molar-refractivity contribution in [1.82, 2.24) is 10.1 Å². The lowest BCUT2D eigenvalue weighted by molar-refractivity contribution is -0.137. The minimum absolute atomic E-state index is 0.163. The monoisotopic (exact) mass is 297 g/mol. The number of hydrogen-bond donors (Lipinski definition) is 1. The van der Waals surface area contributed by atoms with Gasteiger partial charge in [0.1, 0.15) is 0 Å². The smallest absolute Gasteiger partial charge is 0.338 e. The second-order valence-electron chi connectivity index (χ2n) is 5.34. The Bertz CT molecular complexity index is 641. The SMILES string of the molecule is NCC1(c2nc(-c3cccc(C(F)(F)F)c3)no2)CCC1. The lowest BCUT2D eigenvalue weighted by Crippen LogP contribution is -2.41. The number of halogens is 3. The standard InChI is InChI=1S/C14H14F3N3O/c15-14(16,17)10-4-1-3-9(7-10)11-19-12(21-20-11)13(8-18)5-2-6-13/h1,3-4,7H,2,5-6,8,18H2. The first-order valence-electron chi connectivity index (χ1n) is 6.66. The molecule has 0 saturated heterocycles. The molecule has 7 heteroatoms. The van der Waals surface area contributed by atoms with Crippen molar-refractivity contribution in [3.05, 3.63) is 35.7 Å². The molecule has 0 radical (unpaired) electrons. The molecule has 1 aromatic heterocycles. The fraction of sp³-hybridized carbons (Fsp3) is 0.429. The van der Waals surface area contributed by atoms with Crippen LogP contribution >= 0.6 is 0 Å². The largest absolute Gasteiger partial charge is 0.416 e. The van der Waals surface area contributed by atoms with Crippen molar-refractivity contribution < 1.29 is 17.7 Å². The molecule has 1 heterocycles.